The number of para-hydroxylation sites is 1. The predicted octanol–water partition coefficient (Wildman–Crippen LogP) is 5.18. The highest BCUT2D eigenvalue weighted by Crippen LogP contribution is 2.35. The van der Waals surface area contributed by atoms with Gasteiger partial charge in [0.2, 0.25) is 11.5 Å². The number of hydrogen-bond acceptors (Lipinski definition) is 7. The SMILES string of the molecule is O=C(Oc1ccc2c(c1)O/C(=C\c1cccc([N+](=O)[O-])c1)C2=O)c1cc2ccccc2o1. The number of hydrogen-bond donors (Lipinski definition) is 0. The molecule has 32 heavy (non-hydrogen) atoms. The number of benzene rings is 3. The molecule has 156 valence electrons. The van der Waals surface area contributed by atoms with Crippen LogP contribution in [0.5, 0.6) is 11.5 Å². The Kier molecular flexibility index (Phi) is 4.52. The summed E-state index contributed by atoms with van der Waals surface area (Å²) in [6.07, 6.45) is 1.43. The van der Waals surface area contributed by atoms with Crippen molar-refractivity contribution in [1.29, 1.82) is 0 Å². The molecule has 8 nitrogen and oxygen atoms in total. The van der Waals surface area contributed by atoms with Crippen molar-refractivity contribution in [3.63, 3.8) is 0 Å². The molecule has 5 rings (SSSR count). The Morgan fingerprint density at radius 2 is 1.84 bits per heavy atom. The third-order valence-corrected chi connectivity index (χ3v) is 4.86. The highest BCUT2D eigenvalue weighted by Gasteiger charge is 2.28. The molecular formula is C24H13NO7. The summed E-state index contributed by atoms with van der Waals surface area (Å²) in [7, 11) is 0. The van der Waals surface area contributed by atoms with Gasteiger partial charge in [0.1, 0.15) is 17.1 Å². The minimum absolute atomic E-state index is 0.0151. The molecule has 2 heterocycles. The summed E-state index contributed by atoms with van der Waals surface area (Å²) in [6, 6.07) is 19.0. The van der Waals surface area contributed by atoms with Crippen molar-refractivity contribution in [2.75, 3.05) is 0 Å². The number of non-ortho nitro benzene ring substituents is 1. The molecule has 0 spiro atoms. The molecule has 1 aromatic heterocycles. The van der Waals surface area contributed by atoms with Gasteiger partial charge in [-0.2, -0.15) is 0 Å². The Labute approximate surface area is 180 Å². The Morgan fingerprint density at radius 1 is 1.00 bits per heavy atom. The van der Waals surface area contributed by atoms with Crippen LogP contribution < -0.4 is 9.47 Å². The van der Waals surface area contributed by atoms with Gasteiger partial charge in [-0.15, -0.1) is 0 Å². The highest BCUT2D eigenvalue weighted by atomic mass is 16.6. The zero-order valence-corrected chi connectivity index (χ0v) is 16.3. The molecule has 0 bridgehead atoms. The van der Waals surface area contributed by atoms with Gasteiger partial charge in [0.25, 0.3) is 5.69 Å². The van der Waals surface area contributed by atoms with E-state index in [0.29, 0.717) is 16.7 Å². The second-order valence-corrected chi connectivity index (χ2v) is 6.99. The lowest BCUT2D eigenvalue weighted by molar-refractivity contribution is -0.384. The van der Waals surface area contributed by atoms with Crippen molar-refractivity contribution in [3.05, 3.63) is 106 Å². The van der Waals surface area contributed by atoms with Gasteiger partial charge < -0.3 is 13.9 Å². The average molecular weight is 427 g/mol. The summed E-state index contributed by atoms with van der Waals surface area (Å²) in [4.78, 5) is 35.5. The van der Waals surface area contributed by atoms with Gasteiger partial charge in [-0.1, -0.05) is 30.3 Å². The lowest BCUT2D eigenvalue weighted by Gasteiger charge is -2.04. The van der Waals surface area contributed by atoms with E-state index in [1.54, 1.807) is 24.3 Å². The molecule has 0 saturated carbocycles. The van der Waals surface area contributed by atoms with Crippen LogP contribution in [0.25, 0.3) is 17.0 Å². The van der Waals surface area contributed by atoms with Crippen LogP contribution in [0.4, 0.5) is 5.69 Å². The number of carbonyl (C=O) groups is 2. The number of nitro benzene ring substituents is 1. The van der Waals surface area contributed by atoms with E-state index in [0.717, 1.165) is 5.39 Å². The van der Waals surface area contributed by atoms with Crippen LogP contribution in [0.2, 0.25) is 0 Å². The van der Waals surface area contributed by atoms with Crippen molar-refractivity contribution in [2.24, 2.45) is 0 Å². The molecule has 0 aliphatic carbocycles. The molecule has 8 heteroatoms. The van der Waals surface area contributed by atoms with Gasteiger partial charge in [0.05, 0.1) is 10.5 Å². The smallest absolute Gasteiger partial charge is 0.379 e. The first-order chi connectivity index (χ1) is 15.5. The molecule has 3 aromatic carbocycles. The fourth-order valence-electron chi connectivity index (χ4n) is 3.35. The monoisotopic (exact) mass is 427 g/mol. The first-order valence-electron chi connectivity index (χ1n) is 9.51. The van der Waals surface area contributed by atoms with Gasteiger partial charge in [-0.3, -0.25) is 14.9 Å². The Bertz CT molecular complexity index is 1410. The molecular weight excluding hydrogens is 414 g/mol. The van der Waals surface area contributed by atoms with Crippen molar-refractivity contribution < 1.29 is 28.4 Å². The number of rotatable bonds is 4. The van der Waals surface area contributed by atoms with Gasteiger partial charge >= 0.3 is 5.97 Å². The largest absolute Gasteiger partial charge is 0.452 e. The quantitative estimate of drug-likeness (QED) is 0.145. The van der Waals surface area contributed by atoms with Crippen LogP contribution in [-0.4, -0.2) is 16.7 Å². The third kappa shape index (κ3) is 3.50. The summed E-state index contributed by atoms with van der Waals surface area (Å²) in [5.74, 6) is -0.587. The van der Waals surface area contributed by atoms with Crippen LogP contribution in [0.15, 0.2) is 83.0 Å². The van der Waals surface area contributed by atoms with Crippen LogP contribution in [0.3, 0.4) is 0 Å². The molecule has 0 amide bonds. The van der Waals surface area contributed by atoms with Crippen LogP contribution >= 0.6 is 0 Å². The number of esters is 1. The third-order valence-electron chi connectivity index (χ3n) is 4.86. The number of allylic oxidation sites excluding steroid dienone is 1. The van der Waals surface area contributed by atoms with Crippen molar-refractivity contribution >= 4 is 34.5 Å². The average Bonchev–Trinajstić information content (AvgIpc) is 3.35. The van der Waals surface area contributed by atoms with Gasteiger partial charge in [-0.05, 0) is 35.9 Å². The highest BCUT2D eigenvalue weighted by molar-refractivity contribution is 6.14. The van der Waals surface area contributed by atoms with E-state index < -0.39 is 10.9 Å². The fourth-order valence-corrected chi connectivity index (χ4v) is 3.35. The molecule has 4 aromatic rings. The second kappa shape index (κ2) is 7.51. The number of carbonyl (C=O) groups excluding carboxylic acids is 2. The van der Waals surface area contributed by atoms with Crippen LogP contribution in [-0.2, 0) is 0 Å². The van der Waals surface area contributed by atoms with Crippen molar-refractivity contribution in [1.82, 2.24) is 0 Å². The van der Waals surface area contributed by atoms with Gasteiger partial charge in [-0.25, -0.2) is 4.79 Å². The number of Topliss-reactive ketones (excluding diaryl/α,β-unsaturated/α-hetero) is 1. The molecule has 0 unspecified atom stereocenters. The van der Waals surface area contributed by atoms with E-state index in [9.17, 15) is 19.7 Å². The first-order valence-corrected chi connectivity index (χ1v) is 9.51. The van der Waals surface area contributed by atoms with Gasteiger partial charge in [0, 0.05) is 23.6 Å². The van der Waals surface area contributed by atoms with E-state index in [1.807, 2.05) is 12.1 Å². The summed E-state index contributed by atoms with van der Waals surface area (Å²) in [6.45, 7) is 0. The first kappa shape index (κ1) is 19.3. The molecule has 1 aliphatic heterocycles. The standard InChI is InChI=1S/C24H13NO7/c26-23-18-9-8-17(30-24(27)22-12-15-5-1-2-7-19(15)31-22)13-20(18)32-21(23)11-14-4-3-6-16(10-14)25(28)29/h1-13H/b21-11-. The van der Waals surface area contributed by atoms with E-state index >= 15 is 0 Å². The molecule has 0 radical (unpaired) electrons. The van der Waals surface area contributed by atoms with Crippen LogP contribution in [0.1, 0.15) is 26.5 Å². The van der Waals surface area contributed by atoms with E-state index in [4.69, 9.17) is 13.9 Å². The molecule has 1 aliphatic rings. The zero-order chi connectivity index (χ0) is 22.2. The summed E-state index contributed by atoms with van der Waals surface area (Å²) < 4.78 is 16.5. The minimum atomic E-state index is -0.683. The maximum atomic E-state index is 12.6. The normalized spacial score (nSPS) is 13.8. The van der Waals surface area contributed by atoms with E-state index in [-0.39, 0.29) is 34.5 Å². The summed E-state index contributed by atoms with van der Waals surface area (Å²) in [5, 5.41) is 11.7. The van der Waals surface area contributed by atoms with E-state index in [1.165, 1.54) is 42.5 Å². The number of nitrogens with zero attached hydrogens (tertiary/aromatic N) is 1. The van der Waals surface area contributed by atoms with Crippen molar-refractivity contribution in [3.8, 4) is 11.5 Å². The second-order valence-electron chi connectivity index (χ2n) is 6.99. The summed E-state index contributed by atoms with van der Waals surface area (Å²) >= 11 is 0. The zero-order valence-electron chi connectivity index (χ0n) is 16.3. The molecule has 0 fully saturated rings. The van der Waals surface area contributed by atoms with Gasteiger partial charge in [0.15, 0.2) is 5.76 Å². The minimum Gasteiger partial charge on any atom is -0.452 e. The summed E-state index contributed by atoms with van der Waals surface area (Å²) in [5.41, 5.74) is 1.22. The topological polar surface area (TPSA) is 109 Å². The molecule has 0 atom stereocenters. The van der Waals surface area contributed by atoms with E-state index in [2.05, 4.69) is 0 Å². The number of furan rings is 1. The number of ether oxygens (including phenoxy) is 2. The predicted molar refractivity (Wildman–Crippen MR) is 114 cm³/mol. The van der Waals surface area contributed by atoms with Crippen molar-refractivity contribution in [2.45, 2.75) is 0 Å². The number of ketones is 1. The number of fused-ring (bicyclic) bond motifs is 2. The Balaban J connectivity index is 1.37. The van der Waals surface area contributed by atoms with Crippen LogP contribution in [0, 0.1) is 10.1 Å². The number of nitro groups is 1. The maximum absolute atomic E-state index is 12.6. The Morgan fingerprint density at radius 3 is 2.66 bits per heavy atom. The fraction of sp³-hybridized carbons (Fsp3) is 0. The lowest BCUT2D eigenvalue weighted by Crippen LogP contribution is -2.07. The molecule has 0 N–H and O–H groups in total. The molecule has 0 saturated heterocycles. The lowest BCUT2D eigenvalue weighted by atomic mass is 10.1. The maximum Gasteiger partial charge on any atom is 0.379 e. The Hall–Kier alpha value is -4.72.